The zero-order chi connectivity index (χ0) is 15.2. The maximum Gasteiger partial charge on any atom is 0.0681 e. The number of hydrogen-bond acceptors (Lipinski definition) is 3. The first kappa shape index (κ1) is 14.7. The second-order valence-corrected chi connectivity index (χ2v) is 7.30. The smallest absolute Gasteiger partial charge is 0.0681 e. The van der Waals surface area contributed by atoms with Crippen LogP contribution in [0.1, 0.15) is 37.3 Å². The van der Waals surface area contributed by atoms with Gasteiger partial charge in [0.15, 0.2) is 0 Å². The minimum Gasteiger partial charge on any atom is -0.392 e. The van der Waals surface area contributed by atoms with Crippen LogP contribution in [0.4, 0.5) is 0 Å². The van der Waals surface area contributed by atoms with Crippen molar-refractivity contribution in [1.82, 2.24) is 4.90 Å². The van der Waals surface area contributed by atoms with E-state index in [2.05, 4.69) is 36.1 Å². The van der Waals surface area contributed by atoms with Crippen LogP contribution in [-0.4, -0.2) is 48.0 Å². The summed E-state index contributed by atoms with van der Waals surface area (Å²) in [6.45, 7) is 5.04. The van der Waals surface area contributed by atoms with Crippen LogP contribution in [0.2, 0.25) is 0 Å². The standard InChI is InChI=1S/C19H27NO2/c1-2-22-18-13-17(21)19(18)7-9-20(10-8-19)16-11-14-5-3-4-6-15(14)12-16/h3-6,16-18,21H,2,7-13H2,1H3/t17-,18+/m0/s1. The van der Waals surface area contributed by atoms with Gasteiger partial charge in [-0.3, -0.25) is 4.90 Å². The van der Waals surface area contributed by atoms with E-state index in [0.29, 0.717) is 6.04 Å². The molecule has 1 aromatic rings. The van der Waals surface area contributed by atoms with Gasteiger partial charge in [-0.2, -0.15) is 0 Å². The van der Waals surface area contributed by atoms with Crippen molar-refractivity contribution in [2.45, 2.75) is 57.3 Å². The fraction of sp³-hybridized carbons (Fsp3) is 0.684. The normalized spacial score (nSPS) is 31.2. The molecule has 3 heteroatoms. The summed E-state index contributed by atoms with van der Waals surface area (Å²) in [5.74, 6) is 0. The molecule has 2 aliphatic carbocycles. The summed E-state index contributed by atoms with van der Waals surface area (Å²) < 4.78 is 5.87. The first-order valence-electron chi connectivity index (χ1n) is 8.83. The fourth-order valence-corrected chi connectivity index (χ4v) is 4.92. The Morgan fingerprint density at radius 2 is 1.82 bits per heavy atom. The molecule has 120 valence electrons. The Hall–Kier alpha value is -0.900. The number of aliphatic hydroxyl groups excluding tert-OH is 1. The van der Waals surface area contributed by atoms with Gasteiger partial charge in [0.05, 0.1) is 12.2 Å². The Morgan fingerprint density at radius 1 is 1.18 bits per heavy atom. The van der Waals surface area contributed by atoms with Crippen molar-refractivity contribution in [3.63, 3.8) is 0 Å². The highest BCUT2D eigenvalue weighted by Crippen LogP contribution is 2.51. The van der Waals surface area contributed by atoms with Gasteiger partial charge in [-0.1, -0.05) is 24.3 Å². The molecule has 1 saturated carbocycles. The number of aliphatic hydroxyl groups is 1. The average molecular weight is 301 g/mol. The largest absolute Gasteiger partial charge is 0.392 e. The maximum absolute atomic E-state index is 10.3. The van der Waals surface area contributed by atoms with Gasteiger partial charge in [0, 0.05) is 24.5 Å². The third-order valence-corrected chi connectivity index (χ3v) is 6.38. The lowest BCUT2D eigenvalue weighted by Gasteiger charge is -2.57. The topological polar surface area (TPSA) is 32.7 Å². The van der Waals surface area contributed by atoms with Crippen LogP contribution >= 0.6 is 0 Å². The minimum absolute atomic E-state index is 0.0535. The van der Waals surface area contributed by atoms with E-state index in [1.165, 1.54) is 24.0 Å². The molecule has 1 saturated heterocycles. The number of piperidine rings is 1. The molecule has 1 spiro atoms. The van der Waals surface area contributed by atoms with E-state index >= 15 is 0 Å². The predicted molar refractivity (Wildman–Crippen MR) is 86.9 cm³/mol. The van der Waals surface area contributed by atoms with Gasteiger partial charge < -0.3 is 9.84 Å². The lowest BCUT2D eigenvalue weighted by molar-refractivity contribution is -0.211. The summed E-state index contributed by atoms with van der Waals surface area (Å²) >= 11 is 0. The average Bonchev–Trinajstić information content (AvgIpc) is 2.99. The van der Waals surface area contributed by atoms with Gasteiger partial charge in [-0.05, 0) is 56.8 Å². The van der Waals surface area contributed by atoms with Gasteiger partial charge in [0.2, 0.25) is 0 Å². The van der Waals surface area contributed by atoms with Crippen LogP contribution in [0.25, 0.3) is 0 Å². The van der Waals surface area contributed by atoms with E-state index in [9.17, 15) is 5.11 Å². The summed E-state index contributed by atoms with van der Waals surface area (Å²) in [5, 5.41) is 10.3. The molecule has 2 atom stereocenters. The molecule has 1 aliphatic heterocycles. The van der Waals surface area contributed by atoms with Crippen molar-refractivity contribution in [2.75, 3.05) is 19.7 Å². The molecule has 1 N–H and O–H groups in total. The van der Waals surface area contributed by atoms with Gasteiger partial charge in [-0.25, -0.2) is 0 Å². The second kappa shape index (κ2) is 5.63. The van der Waals surface area contributed by atoms with E-state index in [1.54, 1.807) is 0 Å². The lowest BCUT2D eigenvalue weighted by atomic mass is 9.58. The molecular weight excluding hydrogens is 274 g/mol. The number of benzene rings is 1. The van der Waals surface area contributed by atoms with Crippen LogP contribution in [0, 0.1) is 5.41 Å². The monoisotopic (exact) mass is 301 g/mol. The first-order chi connectivity index (χ1) is 10.7. The first-order valence-corrected chi connectivity index (χ1v) is 8.83. The highest BCUT2D eigenvalue weighted by Gasteiger charge is 2.56. The third-order valence-electron chi connectivity index (χ3n) is 6.38. The van der Waals surface area contributed by atoms with Gasteiger partial charge in [-0.15, -0.1) is 0 Å². The third kappa shape index (κ3) is 2.22. The van der Waals surface area contributed by atoms with Crippen LogP contribution in [0.15, 0.2) is 24.3 Å². The molecule has 0 unspecified atom stereocenters. The van der Waals surface area contributed by atoms with Crippen molar-refractivity contribution in [2.24, 2.45) is 5.41 Å². The molecule has 1 aromatic carbocycles. The number of nitrogens with zero attached hydrogens (tertiary/aromatic N) is 1. The molecular formula is C19H27NO2. The van der Waals surface area contributed by atoms with Gasteiger partial charge in [0.25, 0.3) is 0 Å². The highest BCUT2D eigenvalue weighted by molar-refractivity contribution is 5.33. The zero-order valence-electron chi connectivity index (χ0n) is 13.5. The van der Waals surface area contributed by atoms with E-state index in [0.717, 1.165) is 39.0 Å². The Balaban J connectivity index is 1.39. The van der Waals surface area contributed by atoms with E-state index < -0.39 is 0 Å². The highest BCUT2D eigenvalue weighted by atomic mass is 16.5. The quantitative estimate of drug-likeness (QED) is 0.930. The number of likely N-dealkylation sites (tertiary alicyclic amines) is 1. The molecule has 2 fully saturated rings. The lowest BCUT2D eigenvalue weighted by Crippen LogP contribution is -2.63. The van der Waals surface area contributed by atoms with Crippen molar-refractivity contribution in [1.29, 1.82) is 0 Å². The summed E-state index contributed by atoms with van der Waals surface area (Å²) in [6, 6.07) is 9.54. The van der Waals surface area contributed by atoms with Gasteiger partial charge in [0.1, 0.15) is 0 Å². The molecule has 0 radical (unpaired) electrons. The Labute approximate surface area is 133 Å². The summed E-state index contributed by atoms with van der Waals surface area (Å²) in [7, 11) is 0. The van der Waals surface area contributed by atoms with Crippen molar-refractivity contribution in [3.05, 3.63) is 35.4 Å². The zero-order valence-corrected chi connectivity index (χ0v) is 13.5. The molecule has 0 bridgehead atoms. The Bertz CT molecular complexity index is 509. The van der Waals surface area contributed by atoms with Crippen molar-refractivity contribution >= 4 is 0 Å². The van der Waals surface area contributed by atoms with Crippen LogP contribution in [-0.2, 0) is 17.6 Å². The molecule has 4 rings (SSSR count). The van der Waals surface area contributed by atoms with Crippen molar-refractivity contribution in [3.8, 4) is 0 Å². The molecule has 3 nitrogen and oxygen atoms in total. The summed E-state index contributed by atoms with van der Waals surface area (Å²) in [5.41, 5.74) is 3.12. The number of rotatable bonds is 3. The van der Waals surface area contributed by atoms with Crippen LogP contribution in [0.3, 0.4) is 0 Å². The van der Waals surface area contributed by atoms with E-state index in [1.807, 2.05) is 0 Å². The molecule has 0 amide bonds. The second-order valence-electron chi connectivity index (χ2n) is 7.30. The molecule has 0 aromatic heterocycles. The predicted octanol–water partition coefficient (Wildman–Crippen LogP) is 2.41. The molecule has 3 aliphatic rings. The van der Waals surface area contributed by atoms with Crippen LogP contribution in [0.5, 0.6) is 0 Å². The molecule has 22 heavy (non-hydrogen) atoms. The van der Waals surface area contributed by atoms with E-state index in [-0.39, 0.29) is 17.6 Å². The number of ether oxygens (including phenoxy) is 1. The Morgan fingerprint density at radius 3 is 2.36 bits per heavy atom. The summed E-state index contributed by atoms with van der Waals surface area (Å²) in [4.78, 5) is 2.65. The number of fused-ring (bicyclic) bond motifs is 1. The SMILES string of the molecule is CCO[C@@H]1C[C@H](O)C12CCN(C1Cc3ccccc3C1)CC2. The van der Waals surface area contributed by atoms with Gasteiger partial charge >= 0.3 is 0 Å². The Kier molecular flexibility index (Phi) is 3.75. The number of hydrogen-bond donors (Lipinski definition) is 1. The molecule has 1 heterocycles. The summed E-state index contributed by atoms with van der Waals surface area (Å²) in [6.07, 6.45) is 5.55. The maximum atomic E-state index is 10.3. The van der Waals surface area contributed by atoms with Crippen molar-refractivity contribution < 1.29 is 9.84 Å². The minimum atomic E-state index is -0.146. The van der Waals surface area contributed by atoms with Crippen LogP contribution < -0.4 is 0 Å². The fourth-order valence-electron chi connectivity index (χ4n) is 4.92. The van der Waals surface area contributed by atoms with E-state index in [4.69, 9.17) is 4.74 Å².